The number of benzene rings is 3. The van der Waals surface area contributed by atoms with E-state index in [2.05, 4.69) is 5.32 Å². The lowest BCUT2D eigenvalue weighted by Gasteiger charge is -2.32. The number of carbonyl (C=O) groups is 3. The van der Waals surface area contributed by atoms with Crippen molar-refractivity contribution < 1.29 is 29.3 Å². The highest BCUT2D eigenvalue weighted by atomic mass is 35.5. The molecule has 1 heterocycles. The first-order valence-electron chi connectivity index (χ1n) is 15.0. The summed E-state index contributed by atoms with van der Waals surface area (Å²) in [5.74, 6) is -1.91. The number of aromatic carboxylic acids is 1. The lowest BCUT2D eigenvalue weighted by molar-refractivity contribution is -0.136. The lowest BCUT2D eigenvalue weighted by atomic mass is 9.87. The first-order chi connectivity index (χ1) is 20.9. The van der Waals surface area contributed by atoms with E-state index in [1.807, 2.05) is 52.0 Å². The number of nitrogens with zero attached hydrogens (tertiary/aromatic N) is 1. The second-order valence-corrected chi connectivity index (χ2v) is 13.1. The fourth-order valence-electron chi connectivity index (χ4n) is 6.16. The van der Waals surface area contributed by atoms with E-state index >= 15 is 0 Å². The summed E-state index contributed by atoms with van der Waals surface area (Å²) in [6.45, 7) is 7.75. The molecule has 0 radical (unpaired) electrons. The van der Waals surface area contributed by atoms with Crippen LogP contribution in [-0.4, -0.2) is 47.3 Å². The number of carboxylic acids is 1. The molecule has 9 heteroatoms. The SMILES string of the molecule is Cc1cccc([C@H]2O[C@H](CC(=O)Nc3cc4c(c(C(=O)O)c3)CCCC4)C(=O)N(CC(C)(C)CO)c3ccc(Cl)cc32)c1C. The highest BCUT2D eigenvalue weighted by molar-refractivity contribution is 6.30. The molecule has 44 heavy (non-hydrogen) atoms. The van der Waals surface area contributed by atoms with Gasteiger partial charge in [0.25, 0.3) is 5.91 Å². The molecule has 1 aliphatic heterocycles. The maximum absolute atomic E-state index is 14.3. The van der Waals surface area contributed by atoms with Crippen molar-refractivity contribution in [1.29, 1.82) is 0 Å². The summed E-state index contributed by atoms with van der Waals surface area (Å²) in [5, 5.41) is 23.3. The molecule has 3 N–H and O–H groups in total. The molecule has 2 atom stereocenters. The summed E-state index contributed by atoms with van der Waals surface area (Å²) >= 11 is 6.49. The average Bonchev–Trinajstić information content (AvgIpc) is 3.08. The van der Waals surface area contributed by atoms with E-state index in [1.54, 1.807) is 23.1 Å². The number of ether oxygens (including phenoxy) is 1. The van der Waals surface area contributed by atoms with Gasteiger partial charge in [-0.1, -0.05) is 43.6 Å². The monoisotopic (exact) mass is 618 g/mol. The summed E-state index contributed by atoms with van der Waals surface area (Å²) in [5.41, 5.74) is 5.88. The van der Waals surface area contributed by atoms with Gasteiger partial charge in [0, 0.05) is 40.5 Å². The van der Waals surface area contributed by atoms with E-state index in [0.29, 0.717) is 28.4 Å². The number of carbonyl (C=O) groups excluding carboxylic acids is 2. The van der Waals surface area contributed by atoms with Crippen molar-refractivity contribution in [2.45, 2.75) is 72.0 Å². The maximum atomic E-state index is 14.3. The third-order valence-electron chi connectivity index (χ3n) is 8.70. The molecule has 232 valence electrons. The van der Waals surface area contributed by atoms with Crippen LogP contribution in [0.15, 0.2) is 48.5 Å². The Morgan fingerprint density at radius 3 is 2.55 bits per heavy atom. The van der Waals surface area contributed by atoms with Crippen molar-refractivity contribution in [2.24, 2.45) is 5.41 Å². The number of amides is 2. The minimum absolute atomic E-state index is 0.156. The van der Waals surface area contributed by atoms with E-state index < -0.39 is 35.4 Å². The molecule has 5 rings (SSSR count). The van der Waals surface area contributed by atoms with Crippen LogP contribution in [0.4, 0.5) is 11.4 Å². The standard InChI is InChI=1S/C35H39ClN2O6/c1-20-8-7-11-25(21(20)2)32-28-15-23(36)12-13-29(28)38(18-35(3,4)19-39)33(41)30(44-32)17-31(40)37-24-14-22-9-5-6-10-26(22)27(16-24)34(42)43/h7-8,11-16,30,32,39H,5-6,9-10,17-19H2,1-4H3,(H,37,40)(H,42,43)/t30-,32-/m1/s1. The Morgan fingerprint density at radius 2 is 1.82 bits per heavy atom. The van der Waals surface area contributed by atoms with Crippen LogP contribution in [0.3, 0.4) is 0 Å². The van der Waals surface area contributed by atoms with Gasteiger partial charge in [-0.15, -0.1) is 0 Å². The molecule has 3 aromatic rings. The van der Waals surface area contributed by atoms with Crippen LogP contribution >= 0.6 is 11.6 Å². The number of halogens is 1. The van der Waals surface area contributed by atoms with Crippen molar-refractivity contribution in [1.82, 2.24) is 0 Å². The van der Waals surface area contributed by atoms with Crippen molar-refractivity contribution in [3.8, 4) is 0 Å². The van der Waals surface area contributed by atoms with Crippen molar-refractivity contribution in [3.63, 3.8) is 0 Å². The van der Waals surface area contributed by atoms with Gasteiger partial charge in [0.15, 0.2) is 0 Å². The number of aryl methyl sites for hydroxylation is 2. The second-order valence-electron chi connectivity index (χ2n) is 12.7. The number of nitrogens with one attached hydrogen (secondary N) is 1. The zero-order valence-corrected chi connectivity index (χ0v) is 26.3. The Morgan fingerprint density at radius 1 is 1.07 bits per heavy atom. The minimum atomic E-state index is -1.17. The smallest absolute Gasteiger partial charge is 0.336 e. The molecule has 3 aromatic carbocycles. The zero-order chi connectivity index (χ0) is 31.8. The number of hydrogen-bond acceptors (Lipinski definition) is 5. The Labute approximate surface area is 263 Å². The van der Waals surface area contributed by atoms with E-state index in [4.69, 9.17) is 16.3 Å². The molecule has 0 fully saturated rings. The third-order valence-corrected chi connectivity index (χ3v) is 8.93. The van der Waals surface area contributed by atoms with Crippen molar-refractivity contribution in [2.75, 3.05) is 23.4 Å². The number of carboxylic acid groups (broad SMARTS) is 1. The van der Waals surface area contributed by atoms with Gasteiger partial charge >= 0.3 is 5.97 Å². The van der Waals surface area contributed by atoms with Crippen LogP contribution in [0.25, 0.3) is 0 Å². The molecule has 1 aliphatic carbocycles. The maximum Gasteiger partial charge on any atom is 0.336 e. The van der Waals surface area contributed by atoms with E-state index in [-0.39, 0.29) is 25.1 Å². The van der Waals surface area contributed by atoms with Crippen LogP contribution < -0.4 is 10.2 Å². The number of aliphatic hydroxyl groups is 1. The highest BCUT2D eigenvalue weighted by Gasteiger charge is 2.40. The summed E-state index contributed by atoms with van der Waals surface area (Å²) in [6.07, 6.45) is 1.17. The highest BCUT2D eigenvalue weighted by Crippen LogP contribution is 2.42. The van der Waals surface area contributed by atoms with Crippen LogP contribution in [0, 0.1) is 19.3 Å². The van der Waals surface area contributed by atoms with Gasteiger partial charge in [0.1, 0.15) is 12.2 Å². The molecule has 0 spiro atoms. The Kier molecular flexibility index (Phi) is 9.16. The Balaban J connectivity index is 1.53. The summed E-state index contributed by atoms with van der Waals surface area (Å²) < 4.78 is 6.60. The molecule has 8 nitrogen and oxygen atoms in total. The van der Waals surface area contributed by atoms with Gasteiger partial charge in [0.2, 0.25) is 5.91 Å². The fraction of sp³-hybridized carbons (Fsp3) is 0.400. The first-order valence-corrected chi connectivity index (χ1v) is 15.4. The van der Waals surface area contributed by atoms with Gasteiger partial charge in [0.05, 0.1) is 12.0 Å². The summed E-state index contributed by atoms with van der Waals surface area (Å²) in [7, 11) is 0. The molecule has 0 saturated carbocycles. The fourth-order valence-corrected chi connectivity index (χ4v) is 6.34. The number of hydrogen-bond donors (Lipinski definition) is 3. The normalized spacial score (nSPS) is 18.3. The average molecular weight is 619 g/mol. The minimum Gasteiger partial charge on any atom is -0.478 e. The van der Waals surface area contributed by atoms with Gasteiger partial charge < -0.3 is 25.2 Å². The number of aliphatic hydroxyl groups excluding tert-OH is 1. The zero-order valence-electron chi connectivity index (χ0n) is 25.6. The van der Waals surface area contributed by atoms with Gasteiger partial charge in [-0.3, -0.25) is 9.59 Å². The van der Waals surface area contributed by atoms with E-state index in [1.165, 1.54) is 6.07 Å². The largest absolute Gasteiger partial charge is 0.478 e. The topological polar surface area (TPSA) is 116 Å². The third kappa shape index (κ3) is 6.53. The quantitative estimate of drug-likeness (QED) is 0.269. The summed E-state index contributed by atoms with van der Waals surface area (Å²) in [4.78, 5) is 41.4. The lowest BCUT2D eigenvalue weighted by Crippen LogP contribution is -2.46. The first kappa shape index (κ1) is 31.7. The molecule has 0 saturated heterocycles. The molecule has 0 unspecified atom stereocenters. The van der Waals surface area contributed by atoms with Gasteiger partial charge in [-0.2, -0.15) is 0 Å². The van der Waals surface area contributed by atoms with E-state index in [0.717, 1.165) is 47.1 Å². The predicted molar refractivity (Wildman–Crippen MR) is 171 cm³/mol. The number of anilines is 2. The Bertz CT molecular complexity index is 1620. The Hall–Kier alpha value is -3.72. The van der Waals surface area contributed by atoms with Crippen molar-refractivity contribution >= 4 is 40.8 Å². The van der Waals surface area contributed by atoms with Crippen LogP contribution in [0.1, 0.15) is 83.0 Å². The number of fused-ring (bicyclic) bond motifs is 2. The molecule has 0 bridgehead atoms. The van der Waals surface area contributed by atoms with Crippen LogP contribution in [-0.2, 0) is 27.2 Å². The molecular formula is C35H39ClN2O6. The van der Waals surface area contributed by atoms with Gasteiger partial charge in [-0.05, 0) is 97.7 Å². The van der Waals surface area contributed by atoms with Crippen molar-refractivity contribution in [3.05, 3.63) is 92.5 Å². The number of rotatable bonds is 8. The summed E-state index contributed by atoms with van der Waals surface area (Å²) in [6, 6.07) is 14.5. The molecule has 0 aromatic heterocycles. The van der Waals surface area contributed by atoms with Crippen LogP contribution in [0.2, 0.25) is 5.02 Å². The van der Waals surface area contributed by atoms with E-state index in [9.17, 15) is 24.6 Å². The second kappa shape index (κ2) is 12.7. The predicted octanol–water partition coefficient (Wildman–Crippen LogP) is 6.40. The van der Waals surface area contributed by atoms with Gasteiger partial charge in [-0.25, -0.2) is 4.79 Å². The van der Waals surface area contributed by atoms with Crippen LogP contribution in [0.5, 0.6) is 0 Å². The molecule has 2 aliphatic rings. The molecule has 2 amide bonds. The molecular weight excluding hydrogens is 580 g/mol.